The third-order valence-electron chi connectivity index (χ3n) is 3.98. The van der Waals surface area contributed by atoms with Crippen molar-refractivity contribution in [2.75, 3.05) is 26.0 Å². The fourth-order valence-corrected chi connectivity index (χ4v) is 4.28. The number of carboxylic acids is 1. The van der Waals surface area contributed by atoms with E-state index in [1.54, 1.807) is 6.07 Å². The maximum Gasteiger partial charge on any atom is 0.303 e. The largest absolute Gasteiger partial charge is 0.494 e. The Balaban J connectivity index is 2.00. The van der Waals surface area contributed by atoms with Crippen LogP contribution in [0.2, 0.25) is 0 Å². The minimum Gasteiger partial charge on any atom is -0.494 e. The summed E-state index contributed by atoms with van der Waals surface area (Å²) in [5, 5.41) is 8.58. The SMILES string of the molecule is COc1ccc(C2CCN(S(=O)(=O)CCCC(=O)O)C2)cc1F. The number of nitrogens with zero attached hydrogens (tertiary/aromatic N) is 1. The average Bonchev–Trinajstić information content (AvgIpc) is 2.97. The fourth-order valence-electron chi connectivity index (χ4n) is 2.72. The summed E-state index contributed by atoms with van der Waals surface area (Å²) in [7, 11) is -2.08. The Labute approximate surface area is 134 Å². The van der Waals surface area contributed by atoms with Crippen molar-refractivity contribution in [1.82, 2.24) is 4.31 Å². The summed E-state index contributed by atoms with van der Waals surface area (Å²) in [5.74, 6) is -1.56. The van der Waals surface area contributed by atoms with E-state index in [0.717, 1.165) is 5.56 Å². The molecule has 1 fully saturated rings. The van der Waals surface area contributed by atoms with Gasteiger partial charge in [0.05, 0.1) is 12.9 Å². The van der Waals surface area contributed by atoms with Gasteiger partial charge in [-0.2, -0.15) is 0 Å². The van der Waals surface area contributed by atoms with E-state index in [1.165, 1.54) is 23.5 Å². The van der Waals surface area contributed by atoms with Gasteiger partial charge in [-0.1, -0.05) is 6.07 Å². The van der Waals surface area contributed by atoms with Crippen molar-refractivity contribution in [2.45, 2.75) is 25.2 Å². The second-order valence-corrected chi connectivity index (χ2v) is 7.64. The van der Waals surface area contributed by atoms with Gasteiger partial charge in [-0.05, 0) is 36.5 Å². The van der Waals surface area contributed by atoms with Crippen LogP contribution in [0.3, 0.4) is 0 Å². The highest BCUT2D eigenvalue weighted by atomic mass is 32.2. The maximum atomic E-state index is 13.8. The van der Waals surface area contributed by atoms with Crippen LogP contribution in [0.5, 0.6) is 5.75 Å². The molecule has 0 aliphatic carbocycles. The maximum absolute atomic E-state index is 13.8. The Hall–Kier alpha value is -1.67. The normalized spacial score (nSPS) is 19.0. The Bertz CT molecular complexity index is 676. The van der Waals surface area contributed by atoms with Crippen LogP contribution < -0.4 is 4.74 Å². The first-order valence-electron chi connectivity index (χ1n) is 7.36. The van der Waals surface area contributed by atoms with Crippen LogP contribution in [-0.4, -0.2) is 49.8 Å². The number of rotatable bonds is 7. The highest BCUT2D eigenvalue weighted by molar-refractivity contribution is 7.89. The molecule has 0 saturated carbocycles. The molecule has 0 bridgehead atoms. The summed E-state index contributed by atoms with van der Waals surface area (Å²) in [6.07, 6.45) is 0.542. The summed E-state index contributed by atoms with van der Waals surface area (Å²) >= 11 is 0. The second kappa shape index (κ2) is 7.27. The molecular formula is C15H20FNO5S. The summed E-state index contributed by atoms with van der Waals surface area (Å²) in [4.78, 5) is 10.5. The first-order valence-corrected chi connectivity index (χ1v) is 8.97. The van der Waals surface area contributed by atoms with Crippen molar-refractivity contribution >= 4 is 16.0 Å². The Kier molecular flexibility index (Phi) is 5.59. The molecular weight excluding hydrogens is 325 g/mol. The zero-order valence-corrected chi connectivity index (χ0v) is 13.7. The van der Waals surface area contributed by atoms with Crippen molar-refractivity contribution in [3.05, 3.63) is 29.6 Å². The standard InChI is InChI=1S/C15H20FNO5S/c1-22-14-5-4-11(9-13(14)16)12-6-7-17(10-12)23(20,21)8-2-3-15(18)19/h4-5,9,12H,2-3,6-8,10H2,1H3,(H,18,19). The van der Waals surface area contributed by atoms with E-state index in [4.69, 9.17) is 9.84 Å². The van der Waals surface area contributed by atoms with E-state index in [2.05, 4.69) is 0 Å². The second-order valence-electron chi connectivity index (χ2n) is 5.55. The molecule has 1 aromatic rings. The molecule has 8 heteroatoms. The predicted octanol–water partition coefficient (Wildman–Crippen LogP) is 1.82. The molecule has 128 valence electrons. The number of aliphatic carboxylic acids is 1. The number of hydrogen-bond donors (Lipinski definition) is 1. The molecule has 1 aliphatic rings. The lowest BCUT2D eigenvalue weighted by Gasteiger charge is -2.16. The van der Waals surface area contributed by atoms with Crippen LogP contribution in [0, 0.1) is 5.82 Å². The summed E-state index contributed by atoms with van der Waals surface area (Å²) in [5.41, 5.74) is 0.742. The smallest absolute Gasteiger partial charge is 0.303 e. The Morgan fingerprint density at radius 2 is 2.22 bits per heavy atom. The Morgan fingerprint density at radius 1 is 1.48 bits per heavy atom. The number of hydrogen-bond acceptors (Lipinski definition) is 4. The number of sulfonamides is 1. The van der Waals surface area contributed by atoms with Gasteiger partial charge in [0.25, 0.3) is 0 Å². The van der Waals surface area contributed by atoms with Gasteiger partial charge in [0.1, 0.15) is 0 Å². The van der Waals surface area contributed by atoms with E-state index in [0.29, 0.717) is 19.5 Å². The topological polar surface area (TPSA) is 83.9 Å². The lowest BCUT2D eigenvalue weighted by Crippen LogP contribution is -2.31. The lowest BCUT2D eigenvalue weighted by atomic mass is 9.98. The first-order chi connectivity index (χ1) is 10.8. The van der Waals surface area contributed by atoms with Gasteiger partial charge >= 0.3 is 5.97 Å². The Morgan fingerprint density at radius 3 is 2.83 bits per heavy atom. The van der Waals surface area contributed by atoms with Crippen molar-refractivity contribution in [3.8, 4) is 5.75 Å². The predicted molar refractivity (Wildman–Crippen MR) is 82.5 cm³/mol. The number of benzene rings is 1. The molecule has 1 N–H and O–H groups in total. The fraction of sp³-hybridized carbons (Fsp3) is 0.533. The van der Waals surface area contributed by atoms with E-state index >= 15 is 0 Å². The van der Waals surface area contributed by atoms with Gasteiger partial charge in [-0.15, -0.1) is 0 Å². The van der Waals surface area contributed by atoms with E-state index < -0.39 is 21.8 Å². The van der Waals surface area contributed by atoms with Crippen LogP contribution in [0.4, 0.5) is 4.39 Å². The van der Waals surface area contributed by atoms with Gasteiger partial charge in [0, 0.05) is 19.5 Å². The van der Waals surface area contributed by atoms with Gasteiger partial charge in [-0.3, -0.25) is 4.79 Å². The monoisotopic (exact) mass is 345 g/mol. The molecule has 1 unspecified atom stereocenters. The zero-order chi connectivity index (χ0) is 17.0. The molecule has 2 rings (SSSR count). The van der Waals surface area contributed by atoms with Crippen LogP contribution in [0.15, 0.2) is 18.2 Å². The molecule has 1 aliphatic heterocycles. The zero-order valence-electron chi connectivity index (χ0n) is 12.9. The number of carboxylic acid groups (broad SMARTS) is 1. The molecule has 23 heavy (non-hydrogen) atoms. The quantitative estimate of drug-likeness (QED) is 0.815. The van der Waals surface area contributed by atoms with Crippen molar-refractivity contribution < 1.29 is 27.4 Å². The van der Waals surface area contributed by atoms with Crippen LogP contribution in [-0.2, 0) is 14.8 Å². The molecule has 1 heterocycles. The molecule has 6 nitrogen and oxygen atoms in total. The van der Waals surface area contributed by atoms with Crippen molar-refractivity contribution in [3.63, 3.8) is 0 Å². The highest BCUT2D eigenvalue weighted by Crippen LogP contribution is 2.31. The number of ether oxygens (including phenoxy) is 1. The first kappa shape index (κ1) is 17.7. The summed E-state index contributed by atoms with van der Waals surface area (Å²) in [6.45, 7) is 0.662. The minimum absolute atomic E-state index is 0.0651. The highest BCUT2D eigenvalue weighted by Gasteiger charge is 2.32. The van der Waals surface area contributed by atoms with E-state index in [9.17, 15) is 17.6 Å². The molecule has 1 atom stereocenters. The van der Waals surface area contributed by atoms with E-state index in [-0.39, 0.29) is 30.3 Å². The average molecular weight is 345 g/mol. The molecule has 0 radical (unpaired) electrons. The molecule has 0 amide bonds. The van der Waals surface area contributed by atoms with Gasteiger partial charge < -0.3 is 9.84 Å². The van der Waals surface area contributed by atoms with Gasteiger partial charge in [0.15, 0.2) is 11.6 Å². The lowest BCUT2D eigenvalue weighted by molar-refractivity contribution is -0.137. The number of methoxy groups -OCH3 is 1. The van der Waals surface area contributed by atoms with Crippen LogP contribution in [0.1, 0.15) is 30.7 Å². The number of halogens is 1. The molecule has 0 aromatic heterocycles. The summed E-state index contributed by atoms with van der Waals surface area (Å²) in [6, 6.07) is 4.66. The molecule has 1 saturated heterocycles. The van der Waals surface area contributed by atoms with Crippen LogP contribution >= 0.6 is 0 Å². The van der Waals surface area contributed by atoms with Crippen molar-refractivity contribution in [2.24, 2.45) is 0 Å². The van der Waals surface area contributed by atoms with Gasteiger partial charge in [0.2, 0.25) is 10.0 Å². The molecule has 1 aromatic carbocycles. The third-order valence-corrected chi connectivity index (χ3v) is 5.91. The minimum atomic E-state index is -3.47. The molecule has 0 spiro atoms. The van der Waals surface area contributed by atoms with Crippen molar-refractivity contribution in [1.29, 1.82) is 0 Å². The van der Waals surface area contributed by atoms with Crippen LogP contribution in [0.25, 0.3) is 0 Å². The third kappa shape index (κ3) is 4.42. The van der Waals surface area contributed by atoms with E-state index in [1.807, 2.05) is 0 Å². The van der Waals surface area contributed by atoms with Gasteiger partial charge in [-0.25, -0.2) is 17.1 Å². The number of carbonyl (C=O) groups is 1. The summed E-state index contributed by atoms with van der Waals surface area (Å²) < 4.78 is 44.4.